The molecule has 0 aromatic carbocycles. The monoisotopic (exact) mass is 222 g/mol. The van der Waals surface area contributed by atoms with E-state index < -0.39 is 0 Å². The van der Waals surface area contributed by atoms with Crippen LogP contribution in [0.5, 0.6) is 0 Å². The van der Waals surface area contributed by atoms with Gasteiger partial charge in [-0.15, -0.1) is 0 Å². The molecule has 0 aliphatic carbocycles. The van der Waals surface area contributed by atoms with Gasteiger partial charge in [0.15, 0.2) is 0 Å². The first-order valence-corrected chi connectivity index (χ1v) is 5.74. The Balaban J connectivity index is 2.56. The maximum Gasteiger partial charge on any atom is 0.0726 e. The Morgan fingerprint density at radius 3 is 2.62 bits per heavy atom. The van der Waals surface area contributed by atoms with Gasteiger partial charge in [0.05, 0.1) is 5.69 Å². The highest BCUT2D eigenvalue weighted by Crippen LogP contribution is 2.15. The summed E-state index contributed by atoms with van der Waals surface area (Å²) in [5.41, 5.74) is 6.91. The van der Waals surface area contributed by atoms with Gasteiger partial charge >= 0.3 is 0 Å². The summed E-state index contributed by atoms with van der Waals surface area (Å²) in [4.78, 5) is 10.7. The van der Waals surface area contributed by atoms with Gasteiger partial charge in [0.25, 0.3) is 0 Å². The molecule has 2 N–H and O–H groups in total. The van der Waals surface area contributed by atoms with E-state index in [1.165, 1.54) is 0 Å². The molecule has 0 radical (unpaired) electrons. The van der Waals surface area contributed by atoms with E-state index in [2.05, 4.69) is 35.6 Å². The predicted molar refractivity (Wildman–Crippen MR) is 65.8 cm³/mol. The number of hydrogen-bond donors (Lipinski definition) is 1. The summed E-state index contributed by atoms with van der Waals surface area (Å²) in [6.45, 7) is 10.1. The normalized spacial score (nSPS) is 12.1. The van der Waals surface area contributed by atoms with Crippen LogP contribution < -0.4 is 5.73 Å². The van der Waals surface area contributed by atoms with Crippen molar-refractivity contribution in [1.82, 2.24) is 14.9 Å². The van der Waals surface area contributed by atoms with Crippen molar-refractivity contribution in [3.8, 4) is 0 Å². The molecule has 0 atom stereocenters. The van der Waals surface area contributed by atoms with Crippen LogP contribution in [0.2, 0.25) is 0 Å². The van der Waals surface area contributed by atoms with Crippen molar-refractivity contribution >= 4 is 0 Å². The Kier molecular flexibility index (Phi) is 4.83. The Bertz CT molecular complexity index is 297. The molecule has 4 heteroatoms. The summed E-state index contributed by atoms with van der Waals surface area (Å²) >= 11 is 0. The summed E-state index contributed by atoms with van der Waals surface area (Å²) in [7, 11) is 0. The van der Waals surface area contributed by atoms with Crippen molar-refractivity contribution in [3.63, 3.8) is 0 Å². The molecule has 0 aliphatic heterocycles. The summed E-state index contributed by atoms with van der Waals surface area (Å²) in [5, 5.41) is 0. The second kappa shape index (κ2) is 5.92. The number of hydrogen-bond acceptors (Lipinski definition) is 4. The molecule has 1 aromatic heterocycles. The smallest absolute Gasteiger partial charge is 0.0726 e. The fraction of sp³-hybridized carbons (Fsp3) is 0.667. The second-order valence-electron chi connectivity index (χ2n) is 4.87. The van der Waals surface area contributed by atoms with E-state index >= 15 is 0 Å². The van der Waals surface area contributed by atoms with Crippen molar-refractivity contribution < 1.29 is 0 Å². The quantitative estimate of drug-likeness (QED) is 0.788. The van der Waals surface area contributed by atoms with Crippen molar-refractivity contribution in [2.24, 2.45) is 11.1 Å². The molecule has 0 bridgehead atoms. The van der Waals surface area contributed by atoms with Crippen LogP contribution in [0.15, 0.2) is 18.6 Å². The van der Waals surface area contributed by atoms with Crippen LogP contribution in [-0.4, -0.2) is 34.5 Å². The average Bonchev–Trinajstić information content (AvgIpc) is 2.29. The third-order valence-electron chi connectivity index (χ3n) is 2.65. The molecular formula is C12H22N4. The second-order valence-corrected chi connectivity index (χ2v) is 4.87. The van der Waals surface area contributed by atoms with Gasteiger partial charge in [-0.05, 0) is 18.5 Å². The number of rotatable bonds is 6. The standard InChI is InChI=1S/C12H22N4/c1-4-16(10-12(2,3)9-13)8-11-7-14-5-6-15-11/h5-7H,4,8-10,13H2,1-3H3. The minimum absolute atomic E-state index is 0.151. The minimum atomic E-state index is 0.151. The molecule has 0 unspecified atom stereocenters. The molecule has 0 saturated heterocycles. The Hall–Kier alpha value is -1.00. The van der Waals surface area contributed by atoms with Crippen LogP contribution in [0.1, 0.15) is 26.5 Å². The lowest BCUT2D eigenvalue weighted by molar-refractivity contribution is 0.181. The molecule has 1 rings (SSSR count). The Morgan fingerprint density at radius 2 is 2.12 bits per heavy atom. The van der Waals surface area contributed by atoms with Gasteiger partial charge in [0.1, 0.15) is 0 Å². The lowest BCUT2D eigenvalue weighted by Gasteiger charge is -2.30. The van der Waals surface area contributed by atoms with Gasteiger partial charge in [-0.1, -0.05) is 20.8 Å². The van der Waals surface area contributed by atoms with Crippen molar-refractivity contribution in [2.45, 2.75) is 27.3 Å². The van der Waals surface area contributed by atoms with E-state index in [4.69, 9.17) is 5.73 Å². The summed E-state index contributed by atoms with van der Waals surface area (Å²) in [6, 6.07) is 0. The topological polar surface area (TPSA) is 55.0 Å². The highest BCUT2D eigenvalue weighted by atomic mass is 15.1. The Morgan fingerprint density at radius 1 is 1.38 bits per heavy atom. The van der Waals surface area contributed by atoms with E-state index in [1.807, 2.05) is 6.20 Å². The molecule has 90 valence electrons. The first-order chi connectivity index (χ1) is 7.57. The van der Waals surface area contributed by atoms with Gasteiger partial charge in [-0.2, -0.15) is 0 Å². The SMILES string of the molecule is CCN(Cc1cnccn1)CC(C)(C)CN. The predicted octanol–water partition coefficient (Wildman–Crippen LogP) is 1.28. The average molecular weight is 222 g/mol. The lowest BCUT2D eigenvalue weighted by Crippen LogP contribution is -2.38. The first kappa shape index (κ1) is 13.1. The maximum atomic E-state index is 5.75. The molecule has 0 aliphatic rings. The molecule has 0 saturated carbocycles. The van der Waals surface area contributed by atoms with Gasteiger partial charge in [0.2, 0.25) is 0 Å². The number of nitrogens with zero attached hydrogens (tertiary/aromatic N) is 3. The minimum Gasteiger partial charge on any atom is -0.330 e. The first-order valence-electron chi connectivity index (χ1n) is 5.74. The van der Waals surface area contributed by atoms with Crippen LogP contribution >= 0.6 is 0 Å². The fourth-order valence-electron chi connectivity index (χ4n) is 1.59. The molecule has 1 aromatic rings. The van der Waals surface area contributed by atoms with Gasteiger partial charge in [0, 0.05) is 31.7 Å². The molecular weight excluding hydrogens is 200 g/mol. The van der Waals surface area contributed by atoms with Crippen LogP contribution in [0.3, 0.4) is 0 Å². The highest BCUT2D eigenvalue weighted by molar-refractivity contribution is 4.94. The molecule has 0 amide bonds. The molecule has 0 fully saturated rings. The zero-order chi connectivity index (χ0) is 12.0. The summed E-state index contributed by atoms with van der Waals surface area (Å²) < 4.78 is 0. The third-order valence-corrected chi connectivity index (χ3v) is 2.65. The Labute approximate surface area is 97.9 Å². The molecule has 16 heavy (non-hydrogen) atoms. The number of nitrogens with two attached hydrogens (primary N) is 1. The van der Waals surface area contributed by atoms with Crippen LogP contribution in [0.4, 0.5) is 0 Å². The number of aromatic nitrogens is 2. The fourth-order valence-corrected chi connectivity index (χ4v) is 1.59. The van der Waals surface area contributed by atoms with Crippen LogP contribution in [-0.2, 0) is 6.54 Å². The lowest BCUT2D eigenvalue weighted by atomic mass is 9.93. The van der Waals surface area contributed by atoms with Gasteiger partial charge in [-0.25, -0.2) is 0 Å². The van der Waals surface area contributed by atoms with Crippen LogP contribution in [0.25, 0.3) is 0 Å². The van der Waals surface area contributed by atoms with Gasteiger partial charge in [-0.3, -0.25) is 14.9 Å². The van der Waals surface area contributed by atoms with E-state index in [0.29, 0.717) is 6.54 Å². The largest absolute Gasteiger partial charge is 0.330 e. The highest BCUT2D eigenvalue weighted by Gasteiger charge is 2.19. The molecule has 0 spiro atoms. The zero-order valence-electron chi connectivity index (χ0n) is 10.5. The molecule has 1 heterocycles. The van der Waals surface area contributed by atoms with E-state index in [9.17, 15) is 0 Å². The summed E-state index contributed by atoms with van der Waals surface area (Å²) in [6.07, 6.45) is 5.25. The van der Waals surface area contributed by atoms with Crippen LogP contribution in [0, 0.1) is 5.41 Å². The van der Waals surface area contributed by atoms with Crippen molar-refractivity contribution in [3.05, 3.63) is 24.3 Å². The summed E-state index contributed by atoms with van der Waals surface area (Å²) in [5.74, 6) is 0. The van der Waals surface area contributed by atoms with Crippen molar-refractivity contribution in [2.75, 3.05) is 19.6 Å². The van der Waals surface area contributed by atoms with E-state index in [-0.39, 0.29) is 5.41 Å². The maximum absolute atomic E-state index is 5.75. The van der Waals surface area contributed by atoms with E-state index in [1.54, 1.807) is 12.4 Å². The zero-order valence-corrected chi connectivity index (χ0v) is 10.5. The van der Waals surface area contributed by atoms with Crippen molar-refractivity contribution in [1.29, 1.82) is 0 Å². The third kappa shape index (κ3) is 4.24. The molecule has 4 nitrogen and oxygen atoms in total. The van der Waals surface area contributed by atoms with Gasteiger partial charge < -0.3 is 5.73 Å². The van der Waals surface area contributed by atoms with E-state index in [0.717, 1.165) is 25.3 Å².